The van der Waals surface area contributed by atoms with Gasteiger partial charge in [-0.25, -0.2) is 4.79 Å². The molecule has 8 heteroatoms. The number of benzene rings is 3. The van der Waals surface area contributed by atoms with Crippen LogP contribution in [0.5, 0.6) is 5.75 Å². The fourth-order valence-electron chi connectivity index (χ4n) is 4.30. The Kier molecular flexibility index (Phi) is 6.52. The number of aromatic nitrogens is 2. The maximum atomic E-state index is 13.5. The maximum Gasteiger partial charge on any atom is 0.326 e. The quantitative estimate of drug-likeness (QED) is 0.307. The molecule has 0 bridgehead atoms. The molecule has 1 aromatic heterocycles. The molecule has 5 rings (SSSR count). The minimum absolute atomic E-state index is 0.236. The molecule has 0 spiro atoms. The summed E-state index contributed by atoms with van der Waals surface area (Å²) in [5.41, 5.74) is 5.06. The van der Waals surface area contributed by atoms with E-state index in [1.807, 2.05) is 92.9 Å². The average Bonchev–Trinajstić information content (AvgIpc) is 3.38. The van der Waals surface area contributed by atoms with Crippen molar-refractivity contribution < 1.29 is 14.1 Å². The molecule has 0 fully saturated rings. The molecule has 0 radical (unpaired) electrons. The predicted molar refractivity (Wildman–Crippen MR) is 142 cm³/mol. The third kappa shape index (κ3) is 4.47. The normalized spacial score (nSPS) is 15.7. The van der Waals surface area contributed by atoms with Crippen LogP contribution in [0.2, 0.25) is 0 Å². The topological polar surface area (TPSA) is 80.5 Å². The maximum absolute atomic E-state index is 13.5. The van der Waals surface area contributed by atoms with Gasteiger partial charge in [-0.2, -0.15) is 4.98 Å². The number of aryl methyl sites for hydroxylation is 1. The van der Waals surface area contributed by atoms with Crippen molar-refractivity contribution >= 4 is 29.1 Å². The molecule has 2 heterocycles. The second-order valence-corrected chi connectivity index (χ2v) is 9.36. The number of urea groups is 1. The van der Waals surface area contributed by atoms with Gasteiger partial charge in [0.05, 0.1) is 24.4 Å². The largest absolute Gasteiger partial charge is 0.497 e. The van der Waals surface area contributed by atoms with Crippen LogP contribution in [0.1, 0.15) is 30.0 Å². The minimum Gasteiger partial charge on any atom is -0.497 e. The molecular weight excluding hydrogens is 472 g/mol. The van der Waals surface area contributed by atoms with Gasteiger partial charge in [-0.05, 0) is 56.0 Å². The lowest BCUT2D eigenvalue weighted by atomic mass is 9.94. The summed E-state index contributed by atoms with van der Waals surface area (Å²) in [6.07, 6.45) is 2.01. The standard InChI is InChI=1S/C28H26N4O3S/c1-17-11-13-19(14-12-17)26-30-27(35-31-26)24-18(2)32(21-8-6-10-23(16-21)36-4)28(33)29-25(24)20-7-5-9-22(15-20)34-3/h5-16,25H,1-4H3,(H,29,33). The van der Waals surface area contributed by atoms with Crippen molar-refractivity contribution in [3.8, 4) is 17.1 Å². The van der Waals surface area contributed by atoms with Gasteiger partial charge >= 0.3 is 6.03 Å². The molecule has 2 amide bonds. The van der Waals surface area contributed by atoms with E-state index in [1.54, 1.807) is 23.8 Å². The lowest BCUT2D eigenvalue weighted by molar-refractivity contribution is 0.244. The summed E-state index contributed by atoms with van der Waals surface area (Å²) in [6, 6.07) is 22.7. The first-order valence-corrected chi connectivity index (χ1v) is 12.7. The summed E-state index contributed by atoms with van der Waals surface area (Å²) >= 11 is 1.62. The Labute approximate surface area is 214 Å². The van der Waals surface area contributed by atoms with Crippen molar-refractivity contribution in [2.75, 3.05) is 18.3 Å². The lowest BCUT2D eigenvalue weighted by Gasteiger charge is -2.35. The fourth-order valence-corrected chi connectivity index (χ4v) is 4.76. The molecule has 1 aliphatic rings. The highest BCUT2D eigenvalue weighted by atomic mass is 32.2. The van der Waals surface area contributed by atoms with Crippen LogP contribution in [-0.4, -0.2) is 29.5 Å². The van der Waals surface area contributed by atoms with Gasteiger partial charge in [-0.15, -0.1) is 11.8 Å². The van der Waals surface area contributed by atoms with E-state index in [4.69, 9.17) is 14.2 Å². The Hall–Kier alpha value is -4.04. The number of hydrogen-bond donors (Lipinski definition) is 1. The van der Waals surface area contributed by atoms with E-state index in [0.29, 0.717) is 23.2 Å². The number of rotatable bonds is 6. The van der Waals surface area contributed by atoms with Crippen LogP contribution in [0.3, 0.4) is 0 Å². The summed E-state index contributed by atoms with van der Waals surface area (Å²) < 4.78 is 11.2. The van der Waals surface area contributed by atoms with Crippen LogP contribution in [0.25, 0.3) is 17.0 Å². The molecule has 1 unspecified atom stereocenters. The van der Waals surface area contributed by atoms with Gasteiger partial charge in [0, 0.05) is 16.2 Å². The van der Waals surface area contributed by atoms with Crippen molar-refractivity contribution in [3.63, 3.8) is 0 Å². The second-order valence-electron chi connectivity index (χ2n) is 8.48. The Morgan fingerprint density at radius 2 is 1.81 bits per heavy atom. The van der Waals surface area contributed by atoms with Gasteiger partial charge < -0.3 is 14.6 Å². The smallest absolute Gasteiger partial charge is 0.326 e. The number of carbonyl (C=O) groups is 1. The first-order valence-electron chi connectivity index (χ1n) is 11.5. The zero-order chi connectivity index (χ0) is 25.2. The highest BCUT2D eigenvalue weighted by Gasteiger charge is 2.36. The van der Waals surface area contributed by atoms with Gasteiger partial charge in [-0.3, -0.25) is 4.90 Å². The van der Waals surface area contributed by atoms with E-state index in [1.165, 1.54) is 0 Å². The van der Waals surface area contributed by atoms with E-state index in [2.05, 4.69) is 10.5 Å². The molecule has 0 saturated heterocycles. The van der Waals surface area contributed by atoms with Crippen LogP contribution in [0.15, 0.2) is 87.9 Å². The van der Waals surface area contributed by atoms with Crippen molar-refractivity contribution in [2.24, 2.45) is 0 Å². The predicted octanol–water partition coefficient (Wildman–Crippen LogP) is 6.48. The number of ether oxygens (including phenoxy) is 1. The Balaban J connectivity index is 1.66. The van der Waals surface area contributed by atoms with Crippen LogP contribution < -0.4 is 15.0 Å². The van der Waals surface area contributed by atoms with Gasteiger partial charge in [0.15, 0.2) is 0 Å². The molecule has 0 saturated carbocycles. The molecule has 182 valence electrons. The monoisotopic (exact) mass is 498 g/mol. The van der Waals surface area contributed by atoms with Crippen LogP contribution >= 0.6 is 11.8 Å². The van der Waals surface area contributed by atoms with Crippen LogP contribution in [0, 0.1) is 6.92 Å². The van der Waals surface area contributed by atoms with Gasteiger partial charge in [0.1, 0.15) is 5.75 Å². The van der Waals surface area contributed by atoms with Crippen molar-refractivity contribution in [2.45, 2.75) is 24.8 Å². The van der Waals surface area contributed by atoms with Crippen molar-refractivity contribution in [3.05, 3.63) is 95.5 Å². The molecule has 7 nitrogen and oxygen atoms in total. The molecule has 3 aromatic carbocycles. The molecule has 1 aliphatic heterocycles. The second kappa shape index (κ2) is 9.91. The number of amides is 2. The molecule has 1 N–H and O–H groups in total. The average molecular weight is 499 g/mol. The SMILES string of the molecule is COc1cccc(C2NC(=O)N(c3cccc(SC)c3)C(C)=C2c2nc(-c3ccc(C)cc3)no2)c1. The van der Waals surface area contributed by atoms with Crippen molar-refractivity contribution in [1.82, 2.24) is 15.5 Å². The summed E-state index contributed by atoms with van der Waals surface area (Å²) in [4.78, 5) is 20.9. The zero-order valence-corrected chi connectivity index (χ0v) is 21.3. The summed E-state index contributed by atoms with van der Waals surface area (Å²) in [6.45, 7) is 3.94. The zero-order valence-electron chi connectivity index (χ0n) is 20.5. The van der Waals surface area contributed by atoms with Crippen molar-refractivity contribution in [1.29, 1.82) is 0 Å². The third-order valence-electron chi connectivity index (χ3n) is 6.19. The molecule has 0 aliphatic carbocycles. The lowest BCUT2D eigenvalue weighted by Crippen LogP contribution is -2.46. The van der Waals surface area contributed by atoms with E-state index < -0.39 is 6.04 Å². The van der Waals surface area contributed by atoms with Gasteiger partial charge in [-0.1, -0.05) is 53.2 Å². The van der Waals surface area contributed by atoms with Gasteiger partial charge in [0.2, 0.25) is 5.82 Å². The number of nitrogens with one attached hydrogen (secondary N) is 1. The number of nitrogens with zero attached hydrogens (tertiary/aromatic N) is 3. The number of carbonyl (C=O) groups excluding carboxylic acids is 1. The Morgan fingerprint density at radius 1 is 1.03 bits per heavy atom. The number of anilines is 1. The number of methoxy groups -OCH3 is 1. The molecular formula is C28H26N4O3S. The Bertz CT molecular complexity index is 1450. The summed E-state index contributed by atoms with van der Waals surface area (Å²) in [5.74, 6) is 1.53. The van der Waals surface area contributed by atoms with Gasteiger partial charge in [0.25, 0.3) is 5.89 Å². The first-order chi connectivity index (χ1) is 17.5. The molecule has 4 aromatic rings. The summed E-state index contributed by atoms with van der Waals surface area (Å²) in [7, 11) is 1.62. The third-order valence-corrected chi connectivity index (χ3v) is 6.91. The van der Waals surface area contributed by atoms with E-state index in [-0.39, 0.29) is 6.03 Å². The van der Waals surface area contributed by atoms with E-state index in [0.717, 1.165) is 32.8 Å². The molecule has 1 atom stereocenters. The summed E-state index contributed by atoms with van der Waals surface area (Å²) in [5, 5.41) is 7.40. The first kappa shape index (κ1) is 23.7. The van der Waals surface area contributed by atoms with Crippen LogP contribution in [-0.2, 0) is 0 Å². The number of hydrogen-bond acceptors (Lipinski definition) is 6. The highest BCUT2D eigenvalue weighted by molar-refractivity contribution is 7.98. The fraction of sp³-hybridized carbons (Fsp3) is 0.179. The molecule has 36 heavy (non-hydrogen) atoms. The highest BCUT2D eigenvalue weighted by Crippen LogP contribution is 2.40. The number of allylic oxidation sites excluding steroid dienone is 1. The minimum atomic E-state index is -0.501. The van der Waals surface area contributed by atoms with E-state index in [9.17, 15) is 4.79 Å². The van der Waals surface area contributed by atoms with E-state index >= 15 is 0 Å². The number of thioether (sulfide) groups is 1. The van der Waals surface area contributed by atoms with Crippen LogP contribution in [0.4, 0.5) is 10.5 Å². The Morgan fingerprint density at radius 3 is 2.56 bits per heavy atom.